The Balaban J connectivity index is 1.31. The Bertz CT molecular complexity index is 3020. The highest BCUT2D eigenvalue weighted by Crippen LogP contribution is 2.43. The molecule has 6 heteroatoms. The van der Waals surface area contributed by atoms with Crippen molar-refractivity contribution in [3.63, 3.8) is 0 Å². The molecule has 10 rings (SSSR count). The molecule has 0 aliphatic carbocycles. The van der Waals surface area contributed by atoms with Gasteiger partial charge in [-0.05, 0) is 60.7 Å². The van der Waals surface area contributed by atoms with Crippen LogP contribution in [0.5, 0.6) is 0 Å². The van der Waals surface area contributed by atoms with Gasteiger partial charge in [0.2, 0.25) is 0 Å². The van der Waals surface area contributed by atoms with Crippen molar-refractivity contribution in [3.8, 4) is 51.3 Å². The second-order valence-corrected chi connectivity index (χ2v) is 12.8. The van der Waals surface area contributed by atoms with Crippen LogP contribution in [0.3, 0.4) is 0 Å². The monoisotopic (exact) mass is 664 g/mol. The van der Waals surface area contributed by atoms with E-state index < -0.39 is 0 Å². The predicted octanol–water partition coefficient (Wildman–Crippen LogP) is 10.9. The minimum atomic E-state index is 0.553. The lowest BCUT2D eigenvalue weighted by molar-refractivity contribution is 1.13. The van der Waals surface area contributed by atoms with Crippen LogP contribution in [0.1, 0.15) is 5.56 Å². The lowest BCUT2D eigenvalue weighted by Gasteiger charge is -2.15. The van der Waals surface area contributed by atoms with E-state index in [-0.39, 0.29) is 0 Å². The third-order valence-corrected chi connectivity index (χ3v) is 9.80. The zero-order valence-electron chi connectivity index (χ0n) is 27.8. The molecule has 6 nitrogen and oxygen atoms in total. The van der Waals surface area contributed by atoms with E-state index in [1.165, 1.54) is 5.39 Å². The Labute approximate surface area is 299 Å². The number of fused-ring (bicyclic) bond motifs is 7. The average Bonchev–Trinajstić information content (AvgIpc) is 3.74. The maximum Gasteiger partial charge on any atom is 0.160 e. The fraction of sp³-hybridized carbons (Fsp3) is 0. The molecular weight excluding hydrogens is 637 g/mol. The van der Waals surface area contributed by atoms with E-state index in [1.54, 1.807) is 6.07 Å². The minimum Gasteiger partial charge on any atom is -0.309 e. The summed E-state index contributed by atoms with van der Waals surface area (Å²) in [7, 11) is 0. The van der Waals surface area contributed by atoms with Crippen LogP contribution >= 0.6 is 0 Å². The smallest absolute Gasteiger partial charge is 0.160 e. The third kappa shape index (κ3) is 4.61. The van der Waals surface area contributed by atoms with Crippen molar-refractivity contribution in [3.05, 3.63) is 176 Å². The van der Waals surface area contributed by atoms with Crippen LogP contribution < -0.4 is 0 Å². The number of hydrogen-bond acceptors (Lipinski definition) is 4. The largest absolute Gasteiger partial charge is 0.309 e. The molecule has 0 atom stereocenters. The molecule has 0 saturated carbocycles. The summed E-state index contributed by atoms with van der Waals surface area (Å²) in [4.78, 5) is 15.3. The molecule has 0 aliphatic rings. The first kappa shape index (κ1) is 29.5. The van der Waals surface area contributed by atoms with E-state index >= 15 is 0 Å². The van der Waals surface area contributed by atoms with Gasteiger partial charge in [-0.15, -0.1) is 0 Å². The maximum absolute atomic E-state index is 9.70. The van der Waals surface area contributed by atoms with E-state index in [1.807, 2.05) is 48.7 Å². The molecule has 0 N–H and O–H groups in total. The first-order valence-electron chi connectivity index (χ1n) is 17.2. The van der Waals surface area contributed by atoms with Crippen LogP contribution in [0.25, 0.3) is 89.0 Å². The van der Waals surface area contributed by atoms with Crippen molar-refractivity contribution in [2.75, 3.05) is 0 Å². The predicted molar refractivity (Wildman–Crippen MR) is 210 cm³/mol. The number of benzene rings is 6. The number of aromatic nitrogens is 5. The zero-order chi connectivity index (χ0) is 34.6. The Morgan fingerprint density at radius 2 is 1.25 bits per heavy atom. The molecule has 4 aromatic heterocycles. The van der Waals surface area contributed by atoms with Gasteiger partial charge in [0.1, 0.15) is 5.65 Å². The van der Waals surface area contributed by atoms with Gasteiger partial charge in [0.25, 0.3) is 0 Å². The van der Waals surface area contributed by atoms with Crippen LogP contribution in [0.2, 0.25) is 0 Å². The molecule has 4 heterocycles. The van der Waals surface area contributed by atoms with E-state index in [9.17, 15) is 5.26 Å². The molecule has 0 radical (unpaired) electrons. The van der Waals surface area contributed by atoms with Gasteiger partial charge in [-0.1, -0.05) is 103 Å². The first-order chi connectivity index (χ1) is 25.8. The second kappa shape index (κ2) is 11.9. The topological polar surface area (TPSA) is 72.3 Å². The van der Waals surface area contributed by atoms with Crippen molar-refractivity contribution in [2.45, 2.75) is 0 Å². The SMILES string of the molecule is N#Cc1cccc(-c2nc(-c3ccccc3)cc(-c3ccccc3-n3c4ncccc4c4ccc5c(c6ccccc6n5-c5ccccc5)c43)n2)c1. The van der Waals surface area contributed by atoms with Crippen LogP contribution in [0, 0.1) is 11.3 Å². The van der Waals surface area contributed by atoms with Crippen LogP contribution in [0.15, 0.2) is 170 Å². The summed E-state index contributed by atoms with van der Waals surface area (Å²) in [5.41, 5.74) is 11.1. The van der Waals surface area contributed by atoms with Crippen LogP contribution in [0.4, 0.5) is 0 Å². The van der Waals surface area contributed by atoms with Crippen molar-refractivity contribution >= 4 is 43.7 Å². The van der Waals surface area contributed by atoms with Gasteiger partial charge >= 0.3 is 0 Å². The molecule has 0 saturated heterocycles. The van der Waals surface area contributed by atoms with Gasteiger partial charge in [0, 0.05) is 50.1 Å². The zero-order valence-corrected chi connectivity index (χ0v) is 27.8. The molecule has 0 fully saturated rings. The van der Waals surface area contributed by atoms with Crippen LogP contribution in [-0.2, 0) is 0 Å². The van der Waals surface area contributed by atoms with Gasteiger partial charge in [-0.25, -0.2) is 15.0 Å². The van der Waals surface area contributed by atoms with E-state index in [4.69, 9.17) is 15.0 Å². The molecule has 0 spiro atoms. The standard InChI is InChI=1S/C46H28N6/c47-29-30-13-11-16-32(27-30)45-49-38(31-14-3-1-4-15-31)28-39(50-45)36-19-7-9-22-40(36)52-44-34(35-21-12-26-48-46(35)52)24-25-42-43(44)37-20-8-10-23-41(37)51(42)33-17-5-2-6-18-33/h1-28H. The average molecular weight is 665 g/mol. The molecule has 6 aromatic carbocycles. The number of rotatable bonds is 5. The summed E-state index contributed by atoms with van der Waals surface area (Å²) < 4.78 is 4.66. The molecule has 10 aromatic rings. The highest BCUT2D eigenvalue weighted by atomic mass is 15.1. The normalized spacial score (nSPS) is 11.4. The highest BCUT2D eigenvalue weighted by Gasteiger charge is 2.23. The van der Waals surface area contributed by atoms with Crippen LogP contribution in [-0.4, -0.2) is 24.1 Å². The third-order valence-electron chi connectivity index (χ3n) is 9.80. The summed E-state index contributed by atoms with van der Waals surface area (Å²) >= 11 is 0. The van der Waals surface area contributed by atoms with Gasteiger partial charge in [0.05, 0.1) is 45.3 Å². The number of para-hydroxylation sites is 3. The molecule has 0 unspecified atom stereocenters. The molecule has 0 bridgehead atoms. The number of pyridine rings is 1. The van der Waals surface area contributed by atoms with E-state index in [0.717, 1.165) is 77.8 Å². The Hall–Kier alpha value is -7.36. The first-order valence-corrected chi connectivity index (χ1v) is 17.2. The van der Waals surface area contributed by atoms with Gasteiger partial charge in [-0.2, -0.15) is 5.26 Å². The van der Waals surface area contributed by atoms with Gasteiger partial charge in [0.15, 0.2) is 5.82 Å². The summed E-state index contributed by atoms with van der Waals surface area (Å²) in [5.74, 6) is 0.553. The fourth-order valence-electron chi connectivity index (χ4n) is 7.56. The maximum atomic E-state index is 9.70. The van der Waals surface area contributed by atoms with Crippen molar-refractivity contribution < 1.29 is 0 Å². The van der Waals surface area contributed by atoms with Crippen molar-refractivity contribution in [1.82, 2.24) is 24.1 Å². The summed E-state index contributed by atoms with van der Waals surface area (Å²) in [6.45, 7) is 0. The Morgan fingerprint density at radius 1 is 0.519 bits per heavy atom. The second-order valence-electron chi connectivity index (χ2n) is 12.8. The molecule has 0 amide bonds. The highest BCUT2D eigenvalue weighted by molar-refractivity contribution is 6.26. The molecule has 0 aliphatic heterocycles. The van der Waals surface area contributed by atoms with Crippen molar-refractivity contribution in [1.29, 1.82) is 5.26 Å². The lowest BCUT2D eigenvalue weighted by Crippen LogP contribution is -2.01. The quantitative estimate of drug-likeness (QED) is 0.184. The number of hydrogen-bond donors (Lipinski definition) is 0. The van der Waals surface area contributed by atoms with Gasteiger partial charge < -0.3 is 4.57 Å². The van der Waals surface area contributed by atoms with Gasteiger partial charge in [-0.3, -0.25) is 4.57 Å². The Morgan fingerprint density at radius 3 is 2.12 bits per heavy atom. The molecule has 52 heavy (non-hydrogen) atoms. The number of nitrogens with zero attached hydrogens (tertiary/aromatic N) is 6. The fourth-order valence-corrected chi connectivity index (χ4v) is 7.56. The van der Waals surface area contributed by atoms with E-state index in [0.29, 0.717) is 11.4 Å². The summed E-state index contributed by atoms with van der Waals surface area (Å²) in [6.07, 6.45) is 1.86. The van der Waals surface area contributed by atoms with Crippen molar-refractivity contribution in [2.24, 2.45) is 0 Å². The number of nitriles is 1. The Kier molecular flexibility index (Phi) is 6.76. The van der Waals surface area contributed by atoms with E-state index in [2.05, 4.69) is 130 Å². The minimum absolute atomic E-state index is 0.553. The molecular formula is C46H28N6. The molecule has 242 valence electrons. The summed E-state index contributed by atoms with van der Waals surface area (Å²) in [6, 6.07) is 58.2. The summed E-state index contributed by atoms with van der Waals surface area (Å²) in [5, 5.41) is 14.2. The lowest BCUT2D eigenvalue weighted by atomic mass is 10.0.